The molecule has 0 saturated carbocycles. The van der Waals surface area contributed by atoms with Gasteiger partial charge in [-0.3, -0.25) is 14.9 Å². The van der Waals surface area contributed by atoms with Gasteiger partial charge in [0.05, 0.1) is 4.92 Å². The molecule has 0 unspecified atom stereocenters. The lowest BCUT2D eigenvalue weighted by Crippen LogP contribution is -2.40. The summed E-state index contributed by atoms with van der Waals surface area (Å²) in [6.07, 6.45) is 1.32. The fourth-order valence-corrected chi connectivity index (χ4v) is 4.00. The van der Waals surface area contributed by atoms with Crippen LogP contribution in [0.1, 0.15) is 18.4 Å². The summed E-state index contributed by atoms with van der Waals surface area (Å²) in [5.41, 5.74) is 1.58. The molecule has 2 aromatic rings. The Balaban J connectivity index is 1.56. The summed E-state index contributed by atoms with van der Waals surface area (Å²) in [6.45, 7) is 1.61. The Hall–Kier alpha value is -2.12. The van der Waals surface area contributed by atoms with Crippen molar-refractivity contribution in [3.63, 3.8) is 0 Å². The number of hydrogen-bond acceptors (Lipinski definition) is 4. The summed E-state index contributed by atoms with van der Waals surface area (Å²) in [5.74, 6) is -0.102. The number of nitrogens with one attached hydrogen (secondary N) is 1. The van der Waals surface area contributed by atoms with Gasteiger partial charge in [0, 0.05) is 41.1 Å². The van der Waals surface area contributed by atoms with Crippen molar-refractivity contribution in [3.8, 4) is 0 Å². The molecule has 1 heterocycles. The largest absolute Gasteiger partial charge is 0.366 e. The number of nitro benzene ring substituents is 1. The maximum absolute atomic E-state index is 12.5. The molecule has 0 radical (unpaired) electrons. The predicted octanol–water partition coefficient (Wildman–Crippen LogP) is 4.54. The maximum Gasteiger partial charge on any atom is 0.292 e. The molecule has 1 N–H and O–H groups in total. The van der Waals surface area contributed by atoms with Gasteiger partial charge in [-0.25, -0.2) is 0 Å². The number of anilines is 1. The van der Waals surface area contributed by atoms with Crippen LogP contribution in [0.4, 0.5) is 11.4 Å². The van der Waals surface area contributed by atoms with E-state index in [1.54, 1.807) is 24.3 Å². The molecule has 1 fully saturated rings. The van der Waals surface area contributed by atoms with Gasteiger partial charge in [0.15, 0.2) is 0 Å². The zero-order valence-corrected chi connectivity index (χ0v) is 16.9. The highest BCUT2D eigenvalue weighted by Crippen LogP contribution is 2.31. The number of carbonyl (C=O) groups excluding carboxylic acids is 1. The van der Waals surface area contributed by atoms with Crippen molar-refractivity contribution in [3.05, 3.63) is 67.6 Å². The van der Waals surface area contributed by atoms with Gasteiger partial charge in [0.1, 0.15) is 5.69 Å². The van der Waals surface area contributed by atoms with Crippen LogP contribution in [-0.4, -0.2) is 23.9 Å². The number of hydrogen-bond donors (Lipinski definition) is 1. The highest BCUT2D eigenvalue weighted by atomic mass is 79.9. The van der Waals surface area contributed by atoms with Crippen LogP contribution in [0.2, 0.25) is 5.02 Å². The van der Waals surface area contributed by atoms with E-state index in [9.17, 15) is 14.9 Å². The van der Waals surface area contributed by atoms with Crippen molar-refractivity contribution in [1.82, 2.24) is 5.32 Å². The molecule has 0 aromatic heterocycles. The highest BCUT2D eigenvalue weighted by molar-refractivity contribution is 9.10. The second-order valence-electron chi connectivity index (χ2n) is 6.46. The number of rotatable bonds is 5. The molecule has 0 bridgehead atoms. The lowest BCUT2D eigenvalue weighted by Gasteiger charge is -2.32. The number of halogens is 2. The lowest BCUT2D eigenvalue weighted by atomic mass is 9.95. The number of amides is 1. The minimum absolute atomic E-state index is 0.00352. The zero-order chi connectivity index (χ0) is 19.4. The summed E-state index contributed by atoms with van der Waals surface area (Å²) >= 11 is 9.54. The van der Waals surface area contributed by atoms with E-state index < -0.39 is 0 Å². The van der Waals surface area contributed by atoms with Gasteiger partial charge < -0.3 is 10.2 Å². The minimum atomic E-state index is -0.365. The summed E-state index contributed by atoms with van der Waals surface area (Å²) in [6, 6.07) is 12.3. The SMILES string of the molecule is O=C(NCc1ccc(Br)cc1Cl)C1CCN(c2ccccc2[N+](=O)[O-])CC1. The summed E-state index contributed by atoms with van der Waals surface area (Å²) in [5, 5.41) is 14.8. The number of para-hydroxylation sites is 2. The summed E-state index contributed by atoms with van der Waals surface area (Å²) in [7, 11) is 0. The van der Waals surface area contributed by atoms with Crippen LogP contribution in [-0.2, 0) is 11.3 Å². The highest BCUT2D eigenvalue weighted by Gasteiger charge is 2.28. The second kappa shape index (κ2) is 8.71. The van der Waals surface area contributed by atoms with Gasteiger partial charge in [-0.1, -0.05) is 45.7 Å². The quantitative estimate of drug-likeness (QED) is 0.534. The van der Waals surface area contributed by atoms with E-state index in [-0.39, 0.29) is 22.4 Å². The molecule has 1 saturated heterocycles. The average molecular weight is 453 g/mol. The van der Waals surface area contributed by atoms with Crippen molar-refractivity contribution >= 4 is 44.8 Å². The van der Waals surface area contributed by atoms with Crippen molar-refractivity contribution in [2.75, 3.05) is 18.0 Å². The normalized spacial score (nSPS) is 14.8. The first-order chi connectivity index (χ1) is 13.0. The van der Waals surface area contributed by atoms with Crippen LogP contribution < -0.4 is 10.2 Å². The van der Waals surface area contributed by atoms with Gasteiger partial charge >= 0.3 is 0 Å². The molecule has 6 nitrogen and oxygen atoms in total. The van der Waals surface area contributed by atoms with Gasteiger partial charge in [-0.15, -0.1) is 0 Å². The number of piperidine rings is 1. The first kappa shape index (κ1) is 19.6. The van der Waals surface area contributed by atoms with Crippen molar-refractivity contribution in [2.24, 2.45) is 5.92 Å². The monoisotopic (exact) mass is 451 g/mol. The molecule has 1 aliphatic rings. The van der Waals surface area contributed by atoms with Crippen LogP contribution in [0.25, 0.3) is 0 Å². The summed E-state index contributed by atoms with van der Waals surface area (Å²) in [4.78, 5) is 25.3. The Morgan fingerprint density at radius 1 is 1.26 bits per heavy atom. The van der Waals surface area contributed by atoms with E-state index in [0.29, 0.717) is 43.2 Å². The Morgan fingerprint density at radius 2 is 1.96 bits per heavy atom. The van der Waals surface area contributed by atoms with E-state index in [1.165, 1.54) is 6.07 Å². The van der Waals surface area contributed by atoms with Gasteiger partial charge in [-0.2, -0.15) is 0 Å². The van der Waals surface area contributed by atoms with Crippen LogP contribution in [0, 0.1) is 16.0 Å². The Bertz CT molecular complexity index is 854. The van der Waals surface area contributed by atoms with E-state index >= 15 is 0 Å². The molecule has 2 aromatic carbocycles. The lowest BCUT2D eigenvalue weighted by molar-refractivity contribution is -0.384. The average Bonchev–Trinajstić information content (AvgIpc) is 2.67. The number of nitro groups is 1. The van der Waals surface area contributed by atoms with Crippen LogP contribution in [0.5, 0.6) is 0 Å². The molecule has 3 rings (SSSR count). The topological polar surface area (TPSA) is 75.5 Å². The van der Waals surface area contributed by atoms with Gasteiger partial charge in [-0.05, 0) is 36.6 Å². The molecule has 1 amide bonds. The standard InChI is InChI=1S/C19H19BrClN3O3/c20-15-6-5-14(16(21)11-15)12-22-19(25)13-7-9-23(10-8-13)17-3-1-2-4-18(17)24(26)27/h1-6,11,13H,7-10,12H2,(H,22,25). The number of carbonyl (C=O) groups is 1. The third-order valence-corrected chi connectivity index (χ3v) is 5.60. The molecule has 8 heteroatoms. The van der Waals surface area contributed by atoms with E-state index in [1.807, 2.05) is 17.0 Å². The number of nitrogens with zero attached hydrogens (tertiary/aromatic N) is 2. The predicted molar refractivity (Wildman–Crippen MR) is 109 cm³/mol. The molecule has 0 spiro atoms. The molecular formula is C19H19BrClN3O3. The number of benzene rings is 2. The summed E-state index contributed by atoms with van der Waals surface area (Å²) < 4.78 is 0.893. The van der Waals surface area contributed by atoms with Gasteiger partial charge in [0.25, 0.3) is 5.69 Å². The molecule has 142 valence electrons. The molecule has 1 aliphatic heterocycles. The van der Waals surface area contributed by atoms with Crippen LogP contribution >= 0.6 is 27.5 Å². The smallest absolute Gasteiger partial charge is 0.292 e. The zero-order valence-electron chi connectivity index (χ0n) is 14.5. The molecule has 27 heavy (non-hydrogen) atoms. The fraction of sp³-hybridized carbons (Fsp3) is 0.316. The Morgan fingerprint density at radius 3 is 2.63 bits per heavy atom. The molecule has 0 aliphatic carbocycles. The molecule has 0 atom stereocenters. The van der Waals surface area contributed by atoms with E-state index in [2.05, 4.69) is 21.2 Å². The van der Waals surface area contributed by atoms with E-state index in [0.717, 1.165) is 10.0 Å². The van der Waals surface area contributed by atoms with Crippen LogP contribution in [0.15, 0.2) is 46.9 Å². The van der Waals surface area contributed by atoms with Gasteiger partial charge in [0.2, 0.25) is 5.91 Å². The van der Waals surface area contributed by atoms with Crippen LogP contribution in [0.3, 0.4) is 0 Å². The Labute approximate surface area is 170 Å². The minimum Gasteiger partial charge on any atom is -0.366 e. The first-order valence-electron chi connectivity index (χ1n) is 8.65. The molecular weight excluding hydrogens is 434 g/mol. The van der Waals surface area contributed by atoms with Crippen molar-refractivity contribution in [1.29, 1.82) is 0 Å². The maximum atomic E-state index is 12.5. The third-order valence-electron chi connectivity index (χ3n) is 4.75. The van der Waals surface area contributed by atoms with Crippen molar-refractivity contribution in [2.45, 2.75) is 19.4 Å². The first-order valence-corrected chi connectivity index (χ1v) is 9.83. The third kappa shape index (κ3) is 4.78. The Kier molecular flexibility index (Phi) is 6.34. The fourth-order valence-electron chi connectivity index (χ4n) is 3.26. The van der Waals surface area contributed by atoms with E-state index in [4.69, 9.17) is 11.6 Å². The second-order valence-corrected chi connectivity index (χ2v) is 7.78. The van der Waals surface area contributed by atoms with Crippen molar-refractivity contribution < 1.29 is 9.72 Å².